The molecular formula is C42H74O4. The Bertz CT molecular complexity index is 779. The van der Waals surface area contributed by atoms with Crippen molar-refractivity contribution in [1.29, 1.82) is 0 Å². The third kappa shape index (κ3) is 36.4. The summed E-state index contributed by atoms with van der Waals surface area (Å²) < 4.78 is 5.88. The second-order valence-electron chi connectivity index (χ2n) is 13.1. The van der Waals surface area contributed by atoms with Gasteiger partial charge in [0.15, 0.2) is 0 Å². The number of hydrogen-bond donors (Lipinski definition) is 1. The highest BCUT2D eigenvalue weighted by Crippen LogP contribution is 2.18. The number of hydrogen-bond acceptors (Lipinski definition) is 3. The van der Waals surface area contributed by atoms with Crippen molar-refractivity contribution in [2.75, 3.05) is 0 Å². The number of carbonyl (C=O) groups is 2. The number of carboxylic acid groups (broad SMARTS) is 1. The monoisotopic (exact) mass is 643 g/mol. The number of carboxylic acids is 1. The largest absolute Gasteiger partial charge is 0.481 e. The number of aliphatic carboxylic acids is 1. The molecule has 0 aliphatic rings. The molecule has 0 heterocycles. The Kier molecular flexibility index (Phi) is 35.7. The van der Waals surface area contributed by atoms with E-state index < -0.39 is 5.97 Å². The lowest BCUT2D eigenvalue weighted by Crippen LogP contribution is -2.18. The van der Waals surface area contributed by atoms with Gasteiger partial charge in [-0.05, 0) is 83.5 Å². The van der Waals surface area contributed by atoms with Gasteiger partial charge in [0, 0.05) is 12.8 Å². The first-order chi connectivity index (χ1) is 22.6. The van der Waals surface area contributed by atoms with Crippen molar-refractivity contribution in [2.24, 2.45) is 0 Å². The molecule has 0 radical (unpaired) electrons. The fourth-order valence-electron chi connectivity index (χ4n) is 5.64. The van der Waals surface area contributed by atoms with E-state index in [1.165, 1.54) is 103 Å². The molecule has 1 unspecified atom stereocenters. The van der Waals surface area contributed by atoms with E-state index in [0.29, 0.717) is 12.8 Å². The Balaban J connectivity index is 3.89. The van der Waals surface area contributed by atoms with Crippen molar-refractivity contribution < 1.29 is 19.4 Å². The van der Waals surface area contributed by atoms with Gasteiger partial charge in [-0.25, -0.2) is 0 Å². The molecule has 266 valence electrons. The van der Waals surface area contributed by atoms with Crippen LogP contribution < -0.4 is 0 Å². The van der Waals surface area contributed by atoms with Crippen molar-refractivity contribution >= 4 is 11.9 Å². The van der Waals surface area contributed by atoms with Gasteiger partial charge in [0.05, 0.1) is 0 Å². The Hall–Kier alpha value is -2.10. The zero-order chi connectivity index (χ0) is 33.6. The molecule has 46 heavy (non-hydrogen) atoms. The van der Waals surface area contributed by atoms with Crippen LogP contribution in [0.15, 0.2) is 48.6 Å². The van der Waals surface area contributed by atoms with E-state index >= 15 is 0 Å². The number of carbonyl (C=O) groups excluding carboxylic acids is 1. The molecule has 0 saturated carbocycles. The van der Waals surface area contributed by atoms with Gasteiger partial charge in [0.2, 0.25) is 0 Å². The molecule has 0 rings (SSSR count). The first-order valence-corrected chi connectivity index (χ1v) is 19.6. The maximum absolute atomic E-state index is 12.5. The number of esters is 1. The molecule has 4 heteroatoms. The first kappa shape index (κ1) is 43.9. The summed E-state index contributed by atoms with van der Waals surface area (Å²) in [5.41, 5.74) is 0. The number of allylic oxidation sites excluding steroid dienone is 8. The lowest BCUT2D eigenvalue weighted by Gasteiger charge is -2.18. The molecule has 0 spiro atoms. The number of unbranched alkanes of at least 4 members (excludes halogenated alkanes) is 18. The van der Waals surface area contributed by atoms with Crippen LogP contribution in [0.3, 0.4) is 0 Å². The van der Waals surface area contributed by atoms with E-state index in [-0.39, 0.29) is 18.5 Å². The van der Waals surface area contributed by atoms with E-state index in [4.69, 9.17) is 9.84 Å². The van der Waals surface area contributed by atoms with Crippen LogP contribution in [0.25, 0.3) is 0 Å². The van der Waals surface area contributed by atoms with Crippen LogP contribution in [0.4, 0.5) is 0 Å². The molecule has 0 aliphatic carbocycles. The van der Waals surface area contributed by atoms with Gasteiger partial charge in [0.25, 0.3) is 0 Å². The van der Waals surface area contributed by atoms with Gasteiger partial charge in [0.1, 0.15) is 6.10 Å². The molecular weight excluding hydrogens is 568 g/mol. The smallest absolute Gasteiger partial charge is 0.306 e. The zero-order valence-electron chi connectivity index (χ0n) is 30.4. The summed E-state index contributed by atoms with van der Waals surface area (Å²) in [4.78, 5) is 23.4. The lowest BCUT2D eigenvalue weighted by molar-refractivity contribution is -0.150. The van der Waals surface area contributed by atoms with Crippen LogP contribution >= 0.6 is 0 Å². The molecule has 0 saturated heterocycles. The summed E-state index contributed by atoms with van der Waals surface area (Å²) in [6.45, 7) is 4.50. The predicted octanol–water partition coefficient (Wildman–Crippen LogP) is 13.6. The topological polar surface area (TPSA) is 63.6 Å². The second-order valence-corrected chi connectivity index (χ2v) is 13.1. The molecule has 1 atom stereocenters. The van der Waals surface area contributed by atoms with Crippen molar-refractivity contribution in [1.82, 2.24) is 0 Å². The molecule has 0 fully saturated rings. The lowest BCUT2D eigenvalue weighted by atomic mass is 10.0. The Morgan fingerprint density at radius 2 is 0.848 bits per heavy atom. The van der Waals surface area contributed by atoms with Crippen LogP contribution in [0.1, 0.15) is 200 Å². The van der Waals surface area contributed by atoms with Crippen LogP contribution in [0, 0.1) is 0 Å². The fraction of sp³-hybridized carbons (Fsp3) is 0.762. The maximum Gasteiger partial charge on any atom is 0.306 e. The predicted molar refractivity (Wildman–Crippen MR) is 199 cm³/mol. The third-order valence-electron chi connectivity index (χ3n) is 8.55. The zero-order valence-corrected chi connectivity index (χ0v) is 30.4. The average Bonchev–Trinajstić information content (AvgIpc) is 3.04. The SMILES string of the molecule is CCCCC/C=C\C/C=C\C/C=C\C/C=C\CCCCCCCC(=O)OC(CCCCCCCCCCCC)CCCCC(=O)O. The van der Waals surface area contributed by atoms with Crippen molar-refractivity contribution in [3.63, 3.8) is 0 Å². The van der Waals surface area contributed by atoms with Gasteiger partial charge < -0.3 is 9.84 Å². The molecule has 0 aromatic heterocycles. The van der Waals surface area contributed by atoms with E-state index in [1.54, 1.807) is 0 Å². The van der Waals surface area contributed by atoms with Crippen LogP contribution in [0.5, 0.6) is 0 Å². The number of rotatable bonds is 35. The van der Waals surface area contributed by atoms with Gasteiger partial charge >= 0.3 is 11.9 Å². The molecule has 0 amide bonds. The van der Waals surface area contributed by atoms with Gasteiger partial charge in [-0.2, -0.15) is 0 Å². The van der Waals surface area contributed by atoms with Gasteiger partial charge in [-0.1, -0.05) is 152 Å². The Morgan fingerprint density at radius 3 is 1.37 bits per heavy atom. The summed E-state index contributed by atoms with van der Waals surface area (Å²) in [6, 6.07) is 0. The van der Waals surface area contributed by atoms with E-state index in [2.05, 4.69) is 62.5 Å². The molecule has 0 aromatic rings. The summed E-state index contributed by atoms with van der Waals surface area (Å²) >= 11 is 0. The standard InChI is InChI=1S/C42H74O4/c1-3-5-7-9-11-13-15-16-17-18-19-20-21-22-23-24-25-27-29-31-33-39-42(45)46-40(37-34-35-38-41(43)44)36-32-30-28-26-14-12-10-8-6-4-2/h11,13,16-17,19-20,22-23,40H,3-10,12,14-15,18,21,24-39H2,1-2H3,(H,43,44)/b13-11-,17-16-,20-19-,23-22-. The molecule has 0 aliphatic heterocycles. The van der Waals surface area contributed by atoms with Crippen LogP contribution in [0.2, 0.25) is 0 Å². The molecule has 0 bridgehead atoms. The molecule has 1 N–H and O–H groups in total. The van der Waals surface area contributed by atoms with Crippen molar-refractivity contribution in [3.8, 4) is 0 Å². The van der Waals surface area contributed by atoms with Gasteiger partial charge in [-0.3, -0.25) is 9.59 Å². The quantitative estimate of drug-likeness (QED) is 0.0424. The minimum absolute atomic E-state index is 0.0548. The summed E-state index contributed by atoms with van der Waals surface area (Å²) in [6.07, 6.45) is 49.8. The van der Waals surface area contributed by atoms with Crippen LogP contribution in [-0.2, 0) is 14.3 Å². The molecule has 0 aromatic carbocycles. The minimum Gasteiger partial charge on any atom is -0.481 e. The Labute approximate surface area is 285 Å². The highest BCUT2D eigenvalue weighted by atomic mass is 16.5. The summed E-state index contributed by atoms with van der Waals surface area (Å²) in [5, 5.41) is 8.93. The molecule has 4 nitrogen and oxygen atoms in total. The van der Waals surface area contributed by atoms with E-state index in [1.807, 2.05) is 0 Å². The van der Waals surface area contributed by atoms with Gasteiger partial charge in [-0.15, -0.1) is 0 Å². The minimum atomic E-state index is -0.748. The summed E-state index contributed by atoms with van der Waals surface area (Å²) in [7, 11) is 0. The van der Waals surface area contributed by atoms with Crippen molar-refractivity contribution in [2.45, 2.75) is 206 Å². The van der Waals surface area contributed by atoms with E-state index in [9.17, 15) is 9.59 Å². The van der Waals surface area contributed by atoms with Crippen LogP contribution in [-0.4, -0.2) is 23.1 Å². The third-order valence-corrected chi connectivity index (χ3v) is 8.55. The second kappa shape index (κ2) is 37.4. The normalized spacial score (nSPS) is 12.7. The average molecular weight is 643 g/mol. The van der Waals surface area contributed by atoms with E-state index in [0.717, 1.165) is 64.2 Å². The highest BCUT2D eigenvalue weighted by molar-refractivity contribution is 5.69. The fourth-order valence-corrected chi connectivity index (χ4v) is 5.64. The maximum atomic E-state index is 12.5. The number of ether oxygens (including phenoxy) is 1. The highest BCUT2D eigenvalue weighted by Gasteiger charge is 2.14. The Morgan fingerprint density at radius 1 is 0.478 bits per heavy atom. The first-order valence-electron chi connectivity index (χ1n) is 19.6. The summed E-state index contributed by atoms with van der Waals surface area (Å²) in [5.74, 6) is -0.820. The van der Waals surface area contributed by atoms with Crippen molar-refractivity contribution in [3.05, 3.63) is 48.6 Å².